The maximum Gasteiger partial charge on any atom is 0.306 e. The van der Waals surface area contributed by atoms with Crippen molar-refractivity contribution in [3.63, 3.8) is 0 Å². The van der Waals surface area contributed by atoms with E-state index in [0.717, 1.165) is 32.1 Å². The molecule has 0 aliphatic heterocycles. The molecule has 4 aliphatic carbocycles. The Morgan fingerprint density at radius 3 is 2.66 bits per heavy atom. The molecule has 0 aromatic carbocycles. The molecule has 0 saturated heterocycles. The first kappa shape index (κ1) is 21.1. The van der Waals surface area contributed by atoms with Crippen molar-refractivity contribution in [1.82, 2.24) is 0 Å². The van der Waals surface area contributed by atoms with Crippen LogP contribution < -0.4 is 0 Å². The van der Waals surface area contributed by atoms with Crippen LogP contribution in [0.4, 0.5) is 0 Å². The number of allylic oxidation sites excluding steroid dienone is 2. The molecule has 0 heterocycles. The maximum absolute atomic E-state index is 13.1. The van der Waals surface area contributed by atoms with E-state index in [1.165, 1.54) is 5.57 Å². The number of ketones is 2. The average Bonchev–Trinajstić information content (AvgIpc) is 3.01. The lowest BCUT2D eigenvalue weighted by Gasteiger charge is -2.56. The van der Waals surface area contributed by atoms with Crippen molar-refractivity contribution in [2.45, 2.75) is 84.2 Å². The lowest BCUT2D eigenvalue weighted by atomic mass is 9.48. The van der Waals surface area contributed by atoms with Crippen molar-refractivity contribution in [3.05, 3.63) is 11.6 Å². The molecule has 4 aliphatic rings. The van der Waals surface area contributed by atoms with Gasteiger partial charge in [0.15, 0.2) is 11.4 Å². The fourth-order valence-corrected chi connectivity index (χ4v) is 7.59. The molecular weight excluding hydrogens is 388 g/mol. The number of alkyl halides is 1. The molecule has 0 unspecified atom stereocenters. The number of carbonyl (C=O) groups excluding carboxylic acids is 3. The van der Waals surface area contributed by atoms with Crippen molar-refractivity contribution in [2.24, 2.45) is 28.6 Å². The van der Waals surface area contributed by atoms with E-state index in [1.54, 1.807) is 6.92 Å². The number of halogens is 1. The zero-order valence-corrected chi connectivity index (χ0v) is 18.6. The van der Waals surface area contributed by atoms with E-state index in [1.807, 2.05) is 0 Å². The average molecular weight is 421 g/mol. The number of fused-ring (bicyclic) bond motifs is 5. The van der Waals surface area contributed by atoms with E-state index >= 15 is 0 Å². The Balaban J connectivity index is 1.73. The predicted molar refractivity (Wildman–Crippen MR) is 112 cm³/mol. The summed E-state index contributed by atoms with van der Waals surface area (Å²) in [5.41, 5.74) is 0.0974. The van der Waals surface area contributed by atoms with Gasteiger partial charge in [0.2, 0.25) is 0 Å². The van der Waals surface area contributed by atoms with Crippen LogP contribution in [0.2, 0.25) is 0 Å². The van der Waals surface area contributed by atoms with Crippen LogP contribution >= 0.6 is 11.6 Å². The molecule has 4 rings (SSSR count). The SMILES string of the molecule is CCC(=O)O[C@@]1(C(=O)CCl)CC[C@H]2[C@@H]3CC[C@@H]4CC(=O)CC[C@]4(C)C3=CC[C@@]21C. The number of esters is 1. The molecule has 0 aromatic heterocycles. The third-order valence-corrected chi connectivity index (χ3v) is 9.35. The van der Waals surface area contributed by atoms with Crippen LogP contribution in [0.5, 0.6) is 0 Å². The summed E-state index contributed by atoms with van der Waals surface area (Å²) < 4.78 is 5.95. The first-order valence-corrected chi connectivity index (χ1v) is 11.8. The second-order valence-corrected chi connectivity index (χ2v) is 10.4. The van der Waals surface area contributed by atoms with Gasteiger partial charge in [-0.2, -0.15) is 0 Å². The normalized spacial score (nSPS) is 43.7. The number of hydrogen-bond acceptors (Lipinski definition) is 4. The van der Waals surface area contributed by atoms with Crippen molar-refractivity contribution in [2.75, 3.05) is 5.88 Å². The second kappa shape index (κ2) is 7.21. The molecule has 4 nitrogen and oxygen atoms in total. The van der Waals surface area contributed by atoms with Gasteiger partial charge in [-0.25, -0.2) is 0 Å². The fourth-order valence-electron chi connectivity index (χ4n) is 7.37. The largest absolute Gasteiger partial charge is 0.450 e. The number of rotatable bonds is 4. The summed E-state index contributed by atoms with van der Waals surface area (Å²) >= 11 is 6.02. The lowest BCUT2D eigenvalue weighted by Crippen LogP contribution is -2.57. The first-order valence-electron chi connectivity index (χ1n) is 11.2. The van der Waals surface area contributed by atoms with Gasteiger partial charge in [0.25, 0.3) is 0 Å². The highest BCUT2D eigenvalue weighted by atomic mass is 35.5. The summed E-state index contributed by atoms with van der Waals surface area (Å²) in [5.74, 6) is 0.994. The molecule has 6 atom stereocenters. The highest BCUT2D eigenvalue weighted by Gasteiger charge is 2.67. The van der Waals surface area contributed by atoms with E-state index in [0.29, 0.717) is 42.8 Å². The highest BCUT2D eigenvalue weighted by molar-refractivity contribution is 6.29. The van der Waals surface area contributed by atoms with Crippen LogP contribution in [0.25, 0.3) is 0 Å². The third-order valence-electron chi connectivity index (χ3n) is 9.11. The zero-order valence-electron chi connectivity index (χ0n) is 17.9. The van der Waals surface area contributed by atoms with Crippen LogP contribution in [-0.4, -0.2) is 29.0 Å². The molecule has 5 heteroatoms. The molecule has 0 aromatic rings. The highest BCUT2D eigenvalue weighted by Crippen LogP contribution is 2.67. The summed E-state index contributed by atoms with van der Waals surface area (Å²) in [4.78, 5) is 37.4. The summed E-state index contributed by atoms with van der Waals surface area (Å²) in [7, 11) is 0. The van der Waals surface area contributed by atoms with Crippen molar-refractivity contribution < 1.29 is 19.1 Å². The summed E-state index contributed by atoms with van der Waals surface area (Å²) in [5, 5.41) is 0. The fraction of sp³-hybridized carbons (Fsp3) is 0.792. The smallest absolute Gasteiger partial charge is 0.306 e. The van der Waals surface area contributed by atoms with Gasteiger partial charge >= 0.3 is 5.97 Å². The quantitative estimate of drug-likeness (QED) is 0.364. The van der Waals surface area contributed by atoms with Crippen LogP contribution in [0.3, 0.4) is 0 Å². The lowest BCUT2D eigenvalue weighted by molar-refractivity contribution is -0.182. The molecule has 3 saturated carbocycles. The van der Waals surface area contributed by atoms with Gasteiger partial charge in [-0.05, 0) is 61.7 Å². The molecule has 0 bridgehead atoms. The summed E-state index contributed by atoms with van der Waals surface area (Å²) in [6.45, 7) is 6.26. The molecule has 160 valence electrons. The minimum Gasteiger partial charge on any atom is -0.450 e. The molecule has 3 fully saturated rings. The molecule has 0 amide bonds. The molecule has 0 spiro atoms. The van der Waals surface area contributed by atoms with Gasteiger partial charge in [-0.1, -0.05) is 32.4 Å². The standard InChI is InChI=1S/C24H33ClO4/c1-4-21(28)29-24(20(27)14-25)12-9-19-17-6-5-15-13-16(26)7-10-22(15,2)18(17)8-11-23(19,24)3/h8,15,17,19H,4-7,9-14H2,1-3H3/t15-,17-,19+,22+,23+,24-/m1/s1. The molecule has 29 heavy (non-hydrogen) atoms. The van der Waals surface area contributed by atoms with Crippen LogP contribution in [0.15, 0.2) is 11.6 Å². The predicted octanol–water partition coefficient (Wildman–Crippen LogP) is 5.02. The van der Waals surface area contributed by atoms with Gasteiger partial charge < -0.3 is 4.74 Å². The number of Topliss-reactive ketones (excluding diaryl/α,β-unsaturated/α-hetero) is 2. The molecule has 0 radical (unpaired) electrons. The van der Waals surface area contributed by atoms with E-state index in [2.05, 4.69) is 19.9 Å². The number of ether oxygens (including phenoxy) is 1. The topological polar surface area (TPSA) is 60.4 Å². The van der Waals surface area contributed by atoms with Crippen LogP contribution in [-0.2, 0) is 19.1 Å². The number of hydrogen-bond donors (Lipinski definition) is 0. The second-order valence-electron chi connectivity index (χ2n) is 10.2. The minimum atomic E-state index is -1.10. The maximum atomic E-state index is 13.1. The Kier molecular flexibility index (Phi) is 5.25. The Hall–Kier alpha value is -1.16. The van der Waals surface area contributed by atoms with Crippen molar-refractivity contribution in [3.8, 4) is 0 Å². The Morgan fingerprint density at radius 1 is 1.21 bits per heavy atom. The first-order chi connectivity index (χ1) is 13.7. The monoisotopic (exact) mass is 420 g/mol. The van der Waals surface area contributed by atoms with Gasteiger partial charge in [-0.3, -0.25) is 14.4 Å². The molecular formula is C24H33ClO4. The zero-order chi connectivity index (χ0) is 21.0. The Bertz CT molecular complexity index is 773. The number of carbonyl (C=O) groups is 3. The van der Waals surface area contributed by atoms with Gasteiger partial charge in [0.1, 0.15) is 5.78 Å². The van der Waals surface area contributed by atoms with E-state index in [4.69, 9.17) is 16.3 Å². The van der Waals surface area contributed by atoms with Crippen LogP contribution in [0.1, 0.15) is 78.6 Å². The summed E-state index contributed by atoms with van der Waals surface area (Å²) in [6, 6.07) is 0. The van der Waals surface area contributed by atoms with Crippen LogP contribution in [0, 0.1) is 28.6 Å². The van der Waals surface area contributed by atoms with Gasteiger partial charge in [-0.15, -0.1) is 11.6 Å². The van der Waals surface area contributed by atoms with E-state index < -0.39 is 11.0 Å². The van der Waals surface area contributed by atoms with Gasteiger partial charge in [0, 0.05) is 24.7 Å². The Morgan fingerprint density at radius 2 is 1.97 bits per heavy atom. The van der Waals surface area contributed by atoms with E-state index in [9.17, 15) is 14.4 Å². The van der Waals surface area contributed by atoms with Gasteiger partial charge in [0.05, 0.1) is 5.88 Å². The van der Waals surface area contributed by atoms with E-state index in [-0.39, 0.29) is 29.5 Å². The minimum absolute atomic E-state index is 0.0972. The third kappa shape index (κ3) is 2.88. The Labute approximate surface area is 178 Å². The van der Waals surface area contributed by atoms with Crippen molar-refractivity contribution in [1.29, 1.82) is 0 Å². The van der Waals surface area contributed by atoms with Crippen molar-refractivity contribution >= 4 is 29.1 Å². The summed E-state index contributed by atoms with van der Waals surface area (Å²) in [6.07, 6.45) is 9.28. The molecule has 0 N–H and O–H groups in total.